The first kappa shape index (κ1) is 23.6. The Hall–Kier alpha value is -3.09. The van der Waals surface area contributed by atoms with Crippen molar-refractivity contribution in [1.29, 1.82) is 0 Å². The highest BCUT2D eigenvalue weighted by Crippen LogP contribution is 2.42. The Morgan fingerprint density at radius 2 is 1.88 bits per heavy atom. The molecule has 1 N–H and O–H groups in total. The molecular formula is C25H33N3O4. The minimum Gasteiger partial charge on any atom is -0.493 e. The number of benzene rings is 1. The zero-order valence-electron chi connectivity index (χ0n) is 19.6. The molecule has 0 saturated carbocycles. The summed E-state index contributed by atoms with van der Waals surface area (Å²) in [6.45, 7) is 7.30. The SMILES string of the molecule is COc1cccc([C@@H]2CN(C(=O)CC(C)(C)C)C[C@@H]2C(=O)NCc2ccccn2)c1OC. The quantitative estimate of drug-likeness (QED) is 0.715. The Bertz CT molecular complexity index is 940. The minimum absolute atomic E-state index is 0.0596. The second kappa shape index (κ2) is 10.0. The van der Waals surface area contributed by atoms with E-state index in [9.17, 15) is 9.59 Å². The largest absolute Gasteiger partial charge is 0.493 e. The summed E-state index contributed by atoms with van der Waals surface area (Å²) < 4.78 is 11.1. The van der Waals surface area contributed by atoms with Crippen LogP contribution in [0.2, 0.25) is 0 Å². The van der Waals surface area contributed by atoms with Crippen molar-refractivity contribution >= 4 is 11.8 Å². The molecule has 1 saturated heterocycles. The van der Waals surface area contributed by atoms with E-state index in [4.69, 9.17) is 9.47 Å². The van der Waals surface area contributed by atoms with Crippen molar-refractivity contribution in [3.8, 4) is 11.5 Å². The number of hydrogen-bond donors (Lipinski definition) is 1. The van der Waals surface area contributed by atoms with E-state index in [1.807, 2.05) is 57.2 Å². The summed E-state index contributed by atoms with van der Waals surface area (Å²) in [5.41, 5.74) is 1.53. The Kier molecular flexibility index (Phi) is 7.38. The van der Waals surface area contributed by atoms with Gasteiger partial charge in [-0.1, -0.05) is 39.0 Å². The van der Waals surface area contributed by atoms with Crippen LogP contribution < -0.4 is 14.8 Å². The molecule has 0 radical (unpaired) electrons. The zero-order valence-corrected chi connectivity index (χ0v) is 19.6. The Morgan fingerprint density at radius 3 is 2.50 bits per heavy atom. The minimum atomic E-state index is -0.399. The highest BCUT2D eigenvalue weighted by Gasteiger charge is 2.42. The van der Waals surface area contributed by atoms with Crippen molar-refractivity contribution < 1.29 is 19.1 Å². The van der Waals surface area contributed by atoms with Crippen LogP contribution in [-0.4, -0.2) is 49.0 Å². The van der Waals surface area contributed by atoms with Gasteiger partial charge in [-0.2, -0.15) is 0 Å². The fourth-order valence-corrected chi connectivity index (χ4v) is 4.17. The molecule has 7 nitrogen and oxygen atoms in total. The topological polar surface area (TPSA) is 80.8 Å². The third-order valence-corrected chi connectivity index (χ3v) is 5.69. The number of para-hydroxylation sites is 1. The molecule has 2 amide bonds. The molecule has 1 fully saturated rings. The normalized spacial score (nSPS) is 18.3. The summed E-state index contributed by atoms with van der Waals surface area (Å²) in [6, 6.07) is 11.3. The number of pyridine rings is 1. The number of nitrogens with zero attached hydrogens (tertiary/aromatic N) is 2. The van der Waals surface area contributed by atoms with Crippen LogP contribution in [0.4, 0.5) is 0 Å². The average Bonchev–Trinajstić information content (AvgIpc) is 3.22. The Labute approximate surface area is 190 Å². The number of methoxy groups -OCH3 is 2. The monoisotopic (exact) mass is 439 g/mol. The number of likely N-dealkylation sites (tertiary alicyclic amines) is 1. The molecule has 0 spiro atoms. The Morgan fingerprint density at radius 1 is 1.09 bits per heavy atom. The summed E-state index contributed by atoms with van der Waals surface area (Å²) in [7, 11) is 3.18. The number of amides is 2. The molecule has 1 aromatic heterocycles. The lowest BCUT2D eigenvalue weighted by molar-refractivity contribution is -0.132. The van der Waals surface area contributed by atoms with Gasteiger partial charge < -0.3 is 19.7 Å². The molecule has 1 aliphatic heterocycles. The van der Waals surface area contributed by atoms with Crippen LogP contribution >= 0.6 is 0 Å². The maximum absolute atomic E-state index is 13.3. The summed E-state index contributed by atoms with van der Waals surface area (Å²) in [5, 5.41) is 3.00. The number of carbonyl (C=O) groups is 2. The van der Waals surface area contributed by atoms with Gasteiger partial charge in [-0.05, 0) is 23.6 Å². The van der Waals surface area contributed by atoms with Crippen molar-refractivity contribution in [2.24, 2.45) is 11.3 Å². The van der Waals surface area contributed by atoms with Gasteiger partial charge in [-0.25, -0.2) is 0 Å². The lowest BCUT2D eigenvalue weighted by Gasteiger charge is -2.23. The standard InChI is InChI=1S/C25H33N3O4/c1-25(2,3)13-22(29)28-15-19(18-10-8-11-21(31-4)23(18)32-5)20(16-28)24(30)27-14-17-9-6-7-12-26-17/h6-12,19-20H,13-16H2,1-5H3,(H,27,30)/t19-,20-/m0/s1. The molecule has 32 heavy (non-hydrogen) atoms. The van der Waals surface area contributed by atoms with Crippen molar-refractivity contribution in [2.45, 2.75) is 39.7 Å². The molecule has 2 heterocycles. The molecule has 0 unspecified atom stereocenters. The van der Waals surface area contributed by atoms with Gasteiger partial charge in [0.15, 0.2) is 11.5 Å². The van der Waals surface area contributed by atoms with Crippen molar-refractivity contribution in [3.05, 3.63) is 53.9 Å². The van der Waals surface area contributed by atoms with Gasteiger partial charge in [0.2, 0.25) is 11.8 Å². The van der Waals surface area contributed by atoms with Crippen LogP contribution in [0.15, 0.2) is 42.6 Å². The summed E-state index contributed by atoms with van der Waals surface area (Å²) in [5.74, 6) is 0.571. The zero-order chi connectivity index (χ0) is 23.3. The number of nitrogens with one attached hydrogen (secondary N) is 1. The van der Waals surface area contributed by atoms with E-state index in [0.717, 1.165) is 11.3 Å². The van der Waals surface area contributed by atoms with Crippen LogP contribution in [0.3, 0.4) is 0 Å². The van der Waals surface area contributed by atoms with Gasteiger partial charge in [0.05, 0.1) is 32.4 Å². The average molecular weight is 440 g/mol. The van der Waals surface area contributed by atoms with Crippen LogP contribution in [0.25, 0.3) is 0 Å². The number of hydrogen-bond acceptors (Lipinski definition) is 5. The van der Waals surface area contributed by atoms with Crippen molar-refractivity contribution in [3.63, 3.8) is 0 Å². The second-order valence-electron chi connectivity index (χ2n) is 9.37. The predicted octanol–water partition coefficient (Wildman–Crippen LogP) is 3.39. The first-order valence-corrected chi connectivity index (χ1v) is 10.9. The molecule has 2 atom stereocenters. The highest BCUT2D eigenvalue weighted by atomic mass is 16.5. The number of aromatic nitrogens is 1. The lowest BCUT2D eigenvalue weighted by Crippen LogP contribution is -2.36. The summed E-state index contributed by atoms with van der Waals surface area (Å²) >= 11 is 0. The van der Waals surface area contributed by atoms with E-state index in [1.54, 1.807) is 25.3 Å². The van der Waals surface area contributed by atoms with Gasteiger partial charge in [0, 0.05) is 37.2 Å². The predicted molar refractivity (Wildman–Crippen MR) is 123 cm³/mol. The summed E-state index contributed by atoms with van der Waals surface area (Å²) in [6.07, 6.45) is 2.13. The fourth-order valence-electron chi connectivity index (χ4n) is 4.17. The third-order valence-electron chi connectivity index (χ3n) is 5.69. The van der Waals surface area contributed by atoms with Gasteiger partial charge in [-0.15, -0.1) is 0 Å². The third kappa shape index (κ3) is 5.58. The second-order valence-corrected chi connectivity index (χ2v) is 9.37. The molecular weight excluding hydrogens is 406 g/mol. The van der Waals surface area contributed by atoms with Crippen LogP contribution in [0.5, 0.6) is 11.5 Å². The molecule has 172 valence electrons. The van der Waals surface area contributed by atoms with E-state index in [0.29, 0.717) is 37.6 Å². The van der Waals surface area contributed by atoms with E-state index < -0.39 is 5.92 Å². The van der Waals surface area contributed by atoms with Crippen LogP contribution in [0.1, 0.15) is 44.4 Å². The van der Waals surface area contributed by atoms with Crippen LogP contribution in [-0.2, 0) is 16.1 Å². The fraction of sp³-hybridized carbons (Fsp3) is 0.480. The maximum Gasteiger partial charge on any atom is 0.225 e. The molecule has 0 aliphatic carbocycles. The molecule has 7 heteroatoms. The van der Waals surface area contributed by atoms with Crippen molar-refractivity contribution in [1.82, 2.24) is 15.2 Å². The molecule has 0 bridgehead atoms. The number of ether oxygens (including phenoxy) is 2. The van der Waals surface area contributed by atoms with Crippen molar-refractivity contribution in [2.75, 3.05) is 27.3 Å². The lowest BCUT2D eigenvalue weighted by atomic mass is 9.87. The number of rotatable bonds is 7. The molecule has 1 aromatic carbocycles. The smallest absolute Gasteiger partial charge is 0.225 e. The van der Waals surface area contributed by atoms with E-state index in [1.165, 1.54) is 0 Å². The Balaban J connectivity index is 1.87. The number of carbonyl (C=O) groups excluding carboxylic acids is 2. The first-order chi connectivity index (χ1) is 15.2. The maximum atomic E-state index is 13.3. The molecule has 2 aromatic rings. The van der Waals surface area contributed by atoms with Crippen LogP contribution in [0, 0.1) is 11.3 Å². The molecule has 3 rings (SSSR count). The van der Waals surface area contributed by atoms with E-state index in [2.05, 4.69) is 10.3 Å². The van der Waals surface area contributed by atoms with Gasteiger partial charge in [0.25, 0.3) is 0 Å². The van der Waals surface area contributed by atoms with Gasteiger partial charge in [0.1, 0.15) is 0 Å². The van der Waals surface area contributed by atoms with Gasteiger partial charge in [-0.3, -0.25) is 14.6 Å². The first-order valence-electron chi connectivity index (χ1n) is 10.9. The van der Waals surface area contributed by atoms with Gasteiger partial charge >= 0.3 is 0 Å². The van der Waals surface area contributed by atoms with E-state index in [-0.39, 0.29) is 23.1 Å². The highest BCUT2D eigenvalue weighted by molar-refractivity contribution is 5.83. The summed E-state index contributed by atoms with van der Waals surface area (Å²) in [4.78, 5) is 32.3. The van der Waals surface area contributed by atoms with E-state index >= 15 is 0 Å². The molecule has 1 aliphatic rings.